The Hall–Kier alpha value is -1.38. The van der Waals surface area contributed by atoms with Crippen LogP contribution in [-0.4, -0.2) is 0 Å². The number of nitrogen functional groups attached to an aromatic ring is 1. The Labute approximate surface area is 123 Å². The number of benzene rings is 2. The molecule has 0 saturated heterocycles. The van der Waals surface area contributed by atoms with Gasteiger partial charge in [0.05, 0.1) is 6.04 Å². The van der Waals surface area contributed by atoms with Crippen LogP contribution >= 0.6 is 23.2 Å². The number of hydrogen-bond donors (Lipinski definition) is 2. The first-order chi connectivity index (χ1) is 8.97. The fraction of sp³-hybridized carbons (Fsp3) is 0.200. The normalized spacial score (nSPS) is 12.2. The Balaban J connectivity index is 2.25. The Morgan fingerprint density at radius 3 is 2.53 bits per heavy atom. The van der Waals surface area contributed by atoms with E-state index in [4.69, 9.17) is 28.9 Å². The number of nitrogens with two attached hydrogens (primary N) is 1. The molecule has 1 atom stereocenters. The maximum atomic E-state index is 6.21. The van der Waals surface area contributed by atoms with Gasteiger partial charge in [0.15, 0.2) is 0 Å². The van der Waals surface area contributed by atoms with Gasteiger partial charge in [-0.2, -0.15) is 0 Å². The number of aryl methyl sites for hydroxylation is 1. The molecule has 0 heterocycles. The molecule has 19 heavy (non-hydrogen) atoms. The van der Waals surface area contributed by atoms with Crippen LogP contribution < -0.4 is 11.1 Å². The Morgan fingerprint density at radius 2 is 1.84 bits per heavy atom. The first kappa shape index (κ1) is 14.0. The zero-order chi connectivity index (χ0) is 14.0. The summed E-state index contributed by atoms with van der Waals surface area (Å²) in [6, 6.07) is 11.4. The molecular weight excluding hydrogens is 279 g/mol. The maximum absolute atomic E-state index is 6.21. The fourth-order valence-corrected chi connectivity index (χ4v) is 2.53. The lowest BCUT2D eigenvalue weighted by Gasteiger charge is -2.19. The number of halogens is 2. The summed E-state index contributed by atoms with van der Waals surface area (Å²) in [5.41, 5.74) is 9.71. The molecule has 0 aliphatic carbocycles. The van der Waals surface area contributed by atoms with Gasteiger partial charge in [-0.3, -0.25) is 0 Å². The third kappa shape index (κ3) is 3.34. The topological polar surface area (TPSA) is 38.0 Å². The van der Waals surface area contributed by atoms with Crippen molar-refractivity contribution in [3.63, 3.8) is 0 Å². The van der Waals surface area contributed by atoms with Crippen molar-refractivity contribution in [2.24, 2.45) is 0 Å². The van der Waals surface area contributed by atoms with E-state index < -0.39 is 0 Å². The van der Waals surface area contributed by atoms with Gasteiger partial charge in [-0.15, -0.1) is 0 Å². The summed E-state index contributed by atoms with van der Waals surface area (Å²) in [5.74, 6) is 0. The average molecular weight is 295 g/mol. The predicted octanol–water partition coefficient (Wildman–Crippen LogP) is 5.06. The van der Waals surface area contributed by atoms with Crippen molar-refractivity contribution in [2.75, 3.05) is 11.1 Å². The SMILES string of the molecule is Cc1ccc(N)cc1NC(C)c1ccc(Cl)cc1Cl. The minimum absolute atomic E-state index is 0.0743. The third-order valence-electron chi connectivity index (χ3n) is 3.06. The summed E-state index contributed by atoms with van der Waals surface area (Å²) in [6.45, 7) is 4.09. The quantitative estimate of drug-likeness (QED) is 0.777. The number of anilines is 2. The smallest absolute Gasteiger partial charge is 0.0500 e. The van der Waals surface area contributed by atoms with Crippen molar-refractivity contribution in [2.45, 2.75) is 19.9 Å². The Bertz CT molecular complexity index is 597. The minimum atomic E-state index is 0.0743. The maximum Gasteiger partial charge on any atom is 0.0500 e. The molecule has 0 aliphatic rings. The van der Waals surface area contributed by atoms with Crippen LogP contribution in [0.1, 0.15) is 24.1 Å². The first-order valence-electron chi connectivity index (χ1n) is 6.05. The largest absolute Gasteiger partial charge is 0.399 e. The van der Waals surface area contributed by atoms with Crippen LogP contribution in [0.5, 0.6) is 0 Å². The predicted molar refractivity (Wildman–Crippen MR) is 84.1 cm³/mol. The molecule has 0 aromatic heterocycles. The van der Waals surface area contributed by atoms with E-state index >= 15 is 0 Å². The van der Waals surface area contributed by atoms with E-state index in [0.717, 1.165) is 22.5 Å². The van der Waals surface area contributed by atoms with Gasteiger partial charge in [-0.05, 0) is 49.2 Å². The Kier molecular flexibility index (Phi) is 4.23. The van der Waals surface area contributed by atoms with Crippen LogP contribution in [-0.2, 0) is 0 Å². The average Bonchev–Trinajstić information content (AvgIpc) is 2.33. The van der Waals surface area contributed by atoms with E-state index in [0.29, 0.717) is 10.0 Å². The highest BCUT2D eigenvalue weighted by Gasteiger charge is 2.11. The molecular formula is C15H16Cl2N2. The molecule has 2 rings (SSSR count). The molecule has 0 spiro atoms. The third-order valence-corrected chi connectivity index (χ3v) is 3.63. The van der Waals surface area contributed by atoms with Gasteiger partial charge in [-0.1, -0.05) is 35.3 Å². The number of nitrogens with one attached hydrogen (secondary N) is 1. The molecule has 2 aromatic rings. The highest BCUT2D eigenvalue weighted by molar-refractivity contribution is 6.35. The van der Waals surface area contributed by atoms with Crippen molar-refractivity contribution in [3.8, 4) is 0 Å². The first-order valence-corrected chi connectivity index (χ1v) is 6.80. The van der Waals surface area contributed by atoms with E-state index in [1.807, 2.05) is 37.3 Å². The van der Waals surface area contributed by atoms with Crippen molar-refractivity contribution >= 4 is 34.6 Å². The van der Waals surface area contributed by atoms with Gasteiger partial charge in [0.25, 0.3) is 0 Å². The molecule has 2 nitrogen and oxygen atoms in total. The molecule has 0 bridgehead atoms. The van der Waals surface area contributed by atoms with Crippen molar-refractivity contribution < 1.29 is 0 Å². The fourth-order valence-electron chi connectivity index (χ4n) is 1.96. The van der Waals surface area contributed by atoms with Gasteiger partial charge in [0, 0.05) is 21.4 Å². The van der Waals surface area contributed by atoms with Crippen LogP contribution in [0.2, 0.25) is 10.0 Å². The van der Waals surface area contributed by atoms with E-state index in [2.05, 4.69) is 12.2 Å². The van der Waals surface area contributed by atoms with E-state index in [-0.39, 0.29) is 6.04 Å². The monoisotopic (exact) mass is 294 g/mol. The van der Waals surface area contributed by atoms with Crippen molar-refractivity contribution in [1.82, 2.24) is 0 Å². The molecule has 2 aromatic carbocycles. The molecule has 0 radical (unpaired) electrons. The van der Waals surface area contributed by atoms with Crippen LogP contribution in [0.3, 0.4) is 0 Å². The summed E-state index contributed by atoms with van der Waals surface area (Å²) >= 11 is 12.1. The lowest BCUT2D eigenvalue weighted by atomic mass is 10.1. The van der Waals surface area contributed by atoms with E-state index in [1.165, 1.54) is 0 Å². The summed E-state index contributed by atoms with van der Waals surface area (Å²) in [4.78, 5) is 0. The number of rotatable bonds is 3. The van der Waals surface area contributed by atoms with Gasteiger partial charge < -0.3 is 11.1 Å². The number of hydrogen-bond acceptors (Lipinski definition) is 2. The lowest BCUT2D eigenvalue weighted by Crippen LogP contribution is -2.08. The molecule has 1 unspecified atom stereocenters. The summed E-state index contributed by atoms with van der Waals surface area (Å²) in [7, 11) is 0. The second-order valence-electron chi connectivity index (χ2n) is 4.61. The minimum Gasteiger partial charge on any atom is -0.399 e. The van der Waals surface area contributed by atoms with E-state index in [1.54, 1.807) is 6.07 Å². The van der Waals surface area contributed by atoms with Crippen LogP contribution in [0.25, 0.3) is 0 Å². The van der Waals surface area contributed by atoms with Gasteiger partial charge in [0.1, 0.15) is 0 Å². The molecule has 0 saturated carbocycles. The second kappa shape index (κ2) is 5.72. The second-order valence-corrected chi connectivity index (χ2v) is 5.45. The summed E-state index contributed by atoms with van der Waals surface area (Å²) in [5, 5.41) is 4.72. The van der Waals surface area contributed by atoms with Gasteiger partial charge in [0.2, 0.25) is 0 Å². The molecule has 0 fully saturated rings. The summed E-state index contributed by atoms with van der Waals surface area (Å²) in [6.07, 6.45) is 0. The summed E-state index contributed by atoms with van der Waals surface area (Å²) < 4.78 is 0. The van der Waals surface area contributed by atoms with E-state index in [9.17, 15) is 0 Å². The van der Waals surface area contributed by atoms with Crippen LogP contribution in [0, 0.1) is 6.92 Å². The molecule has 0 amide bonds. The molecule has 100 valence electrons. The van der Waals surface area contributed by atoms with Crippen LogP contribution in [0.4, 0.5) is 11.4 Å². The highest BCUT2D eigenvalue weighted by atomic mass is 35.5. The van der Waals surface area contributed by atoms with Gasteiger partial charge in [-0.25, -0.2) is 0 Å². The lowest BCUT2D eigenvalue weighted by molar-refractivity contribution is 0.883. The molecule has 3 N–H and O–H groups in total. The highest BCUT2D eigenvalue weighted by Crippen LogP contribution is 2.29. The molecule has 0 aliphatic heterocycles. The Morgan fingerprint density at radius 1 is 1.11 bits per heavy atom. The zero-order valence-electron chi connectivity index (χ0n) is 10.9. The zero-order valence-corrected chi connectivity index (χ0v) is 12.4. The standard InChI is InChI=1S/C15H16Cl2N2/c1-9-3-5-12(18)8-15(9)19-10(2)13-6-4-11(16)7-14(13)17/h3-8,10,19H,18H2,1-2H3. The van der Waals surface area contributed by atoms with Crippen LogP contribution in [0.15, 0.2) is 36.4 Å². The van der Waals surface area contributed by atoms with Crippen molar-refractivity contribution in [3.05, 3.63) is 57.6 Å². The molecule has 4 heteroatoms. The van der Waals surface area contributed by atoms with Crippen molar-refractivity contribution in [1.29, 1.82) is 0 Å². The van der Waals surface area contributed by atoms with Gasteiger partial charge >= 0.3 is 0 Å².